The van der Waals surface area contributed by atoms with E-state index in [0.29, 0.717) is 21.3 Å². The number of benzene rings is 1. The predicted octanol–water partition coefficient (Wildman–Crippen LogP) is 4.38. The summed E-state index contributed by atoms with van der Waals surface area (Å²) in [6.07, 6.45) is 7.36. The molecular weight excluding hydrogens is 390 g/mol. The van der Waals surface area contributed by atoms with Crippen molar-refractivity contribution >= 4 is 39.8 Å². The lowest BCUT2D eigenvalue weighted by atomic mass is 9.92. The number of nitrogens with one attached hydrogen (secondary N) is 1. The van der Waals surface area contributed by atoms with Crippen molar-refractivity contribution in [1.82, 2.24) is 9.97 Å². The minimum absolute atomic E-state index is 0.0191. The number of hydrogen-bond donors (Lipinski definition) is 1. The first-order valence-electron chi connectivity index (χ1n) is 9.16. The summed E-state index contributed by atoms with van der Waals surface area (Å²) in [5.74, 6) is 0.0263. The Hall–Kier alpha value is -2.51. The van der Waals surface area contributed by atoms with Crippen molar-refractivity contribution < 1.29 is 9.59 Å². The highest BCUT2D eigenvalue weighted by molar-refractivity contribution is 7.99. The number of anilines is 1. The molecule has 7 heteroatoms. The zero-order valence-corrected chi connectivity index (χ0v) is 16.8. The Morgan fingerprint density at radius 2 is 1.79 bits per heavy atom. The zero-order valence-electron chi connectivity index (χ0n) is 15.2. The Morgan fingerprint density at radius 3 is 2.57 bits per heavy atom. The summed E-state index contributed by atoms with van der Waals surface area (Å²) >= 11 is 2.82. The van der Waals surface area contributed by atoms with Crippen LogP contribution < -0.4 is 5.32 Å². The molecule has 0 saturated heterocycles. The van der Waals surface area contributed by atoms with E-state index in [1.54, 1.807) is 29.8 Å². The van der Waals surface area contributed by atoms with Crippen LogP contribution in [0.5, 0.6) is 0 Å². The number of carbonyl (C=O) groups is 2. The Balaban J connectivity index is 1.57. The van der Waals surface area contributed by atoms with E-state index in [1.807, 2.05) is 30.3 Å². The van der Waals surface area contributed by atoms with Gasteiger partial charge in [-0.3, -0.25) is 9.59 Å². The number of rotatable bonds is 6. The summed E-state index contributed by atoms with van der Waals surface area (Å²) < 4.78 is 0. The third-order valence-corrected chi connectivity index (χ3v) is 6.64. The summed E-state index contributed by atoms with van der Waals surface area (Å²) in [5, 5.41) is 4.20. The number of thiophene rings is 1. The lowest BCUT2D eigenvalue weighted by Gasteiger charge is -2.12. The predicted molar refractivity (Wildman–Crippen MR) is 112 cm³/mol. The van der Waals surface area contributed by atoms with Crippen LogP contribution in [0.1, 0.15) is 39.2 Å². The number of nitrogens with zero attached hydrogens (tertiary/aromatic N) is 2. The molecule has 0 bridgehead atoms. The van der Waals surface area contributed by atoms with E-state index in [4.69, 9.17) is 0 Å². The van der Waals surface area contributed by atoms with Crippen LogP contribution in [0.25, 0.3) is 0 Å². The van der Waals surface area contributed by atoms with Gasteiger partial charge in [0.25, 0.3) is 0 Å². The second kappa shape index (κ2) is 8.67. The molecule has 2 aromatic heterocycles. The summed E-state index contributed by atoms with van der Waals surface area (Å²) in [7, 11) is 0. The van der Waals surface area contributed by atoms with Crippen LogP contribution in [-0.4, -0.2) is 27.4 Å². The molecule has 0 aliphatic heterocycles. The van der Waals surface area contributed by atoms with Crippen LogP contribution in [0, 0.1) is 0 Å². The maximum Gasteiger partial charge on any atom is 0.235 e. The second-order valence-corrected chi connectivity index (χ2v) is 8.53. The van der Waals surface area contributed by atoms with Gasteiger partial charge in [0, 0.05) is 22.8 Å². The van der Waals surface area contributed by atoms with Crippen molar-refractivity contribution in [3.63, 3.8) is 0 Å². The normalized spacial score (nSPS) is 13.0. The van der Waals surface area contributed by atoms with Gasteiger partial charge >= 0.3 is 0 Å². The van der Waals surface area contributed by atoms with Crippen LogP contribution in [0.4, 0.5) is 5.00 Å². The topological polar surface area (TPSA) is 72.0 Å². The van der Waals surface area contributed by atoms with Crippen LogP contribution in [0.3, 0.4) is 0 Å². The molecule has 1 N–H and O–H groups in total. The summed E-state index contributed by atoms with van der Waals surface area (Å²) in [6.45, 7) is 0. The average molecular weight is 410 g/mol. The van der Waals surface area contributed by atoms with Gasteiger partial charge in [0.15, 0.2) is 10.9 Å². The van der Waals surface area contributed by atoms with Gasteiger partial charge in [-0.25, -0.2) is 9.97 Å². The molecule has 0 fully saturated rings. The van der Waals surface area contributed by atoms with E-state index in [-0.39, 0.29) is 17.4 Å². The first kappa shape index (κ1) is 18.8. The van der Waals surface area contributed by atoms with Gasteiger partial charge in [0.1, 0.15) is 5.00 Å². The van der Waals surface area contributed by atoms with Gasteiger partial charge in [0.2, 0.25) is 5.91 Å². The minimum atomic E-state index is -0.154. The average Bonchev–Trinajstić information content (AvgIpc) is 3.11. The van der Waals surface area contributed by atoms with Gasteiger partial charge in [0.05, 0.1) is 11.3 Å². The highest BCUT2D eigenvalue weighted by Crippen LogP contribution is 2.39. The van der Waals surface area contributed by atoms with Crippen molar-refractivity contribution in [2.75, 3.05) is 11.1 Å². The van der Waals surface area contributed by atoms with E-state index in [0.717, 1.165) is 31.2 Å². The monoisotopic (exact) mass is 409 g/mol. The summed E-state index contributed by atoms with van der Waals surface area (Å²) in [6, 6.07) is 11.0. The molecule has 5 nitrogen and oxygen atoms in total. The lowest BCUT2D eigenvalue weighted by Crippen LogP contribution is -2.16. The van der Waals surface area contributed by atoms with Crippen molar-refractivity contribution in [3.05, 3.63) is 70.4 Å². The van der Waals surface area contributed by atoms with Crippen LogP contribution >= 0.6 is 23.1 Å². The standard InChI is InChI=1S/C21H19N3O2S2/c25-17(13-27-21-22-11-6-12-23-21)24-20-18(15-9-4-5-10-16(15)28-20)19(26)14-7-2-1-3-8-14/h1-3,6-8,11-12H,4-5,9-10,13H2,(H,24,25). The third-order valence-electron chi connectivity index (χ3n) is 4.56. The molecule has 1 amide bonds. The molecule has 0 radical (unpaired) electrons. The van der Waals surface area contributed by atoms with E-state index in [9.17, 15) is 9.59 Å². The van der Waals surface area contributed by atoms with E-state index in [2.05, 4.69) is 15.3 Å². The SMILES string of the molecule is O=C(CSc1ncccn1)Nc1sc2c(c1C(=O)c1ccccc1)CCCC2. The van der Waals surface area contributed by atoms with Crippen molar-refractivity contribution in [2.24, 2.45) is 0 Å². The third kappa shape index (κ3) is 4.15. The molecule has 0 atom stereocenters. The molecule has 4 rings (SSSR count). The number of ketones is 1. The van der Waals surface area contributed by atoms with Crippen LogP contribution in [0.2, 0.25) is 0 Å². The Bertz CT molecular complexity index is 988. The Morgan fingerprint density at radius 1 is 1.04 bits per heavy atom. The number of aryl methyl sites for hydroxylation is 1. The number of thioether (sulfide) groups is 1. The highest BCUT2D eigenvalue weighted by Gasteiger charge is 2.27. The number of fused-ring (bicyclic) bond motifs is 1. The smallest absolute Gasteiger partial charge is 0.235 e. The van der Waals surface area contributed by atoms with E-state index in [1.165, 1.54) is 16.6 Å². The van der Waals surface area contributed by atoms with E-state index < -0.39 is 0 Å². The first-order chi connectivity index (χ1) is 13.7. The molecule has 3 aromatic rings. The molecule has 0 unspecified atom stereocenters. The maximum atomic E-state index is 13.2. The van der Waals surface area contributed by atoms with Crippen molar-refractivity contribution in [2.45, 2.75) is 30.8 Å². The van der Waals surface area contributed by atoms with Crippen LogP contribution in [-0.2, 0) is 17.6 Å². The highest BCUT2D eigenvalue weighted by atomic mass is 32.2. The fourth-order valence-corrected chi connectivity index (χ4v) is 5.19. The zero-order chi connectivity index (χ0) is 19.3. The van der Waals surface area contributed by atoms with Gasteiger partial charge in [-0.15, -0.1) is 11.3 Å². The second-order valence-electron chi connectivity index (χ2n) is 6.48. The fourth-order valence-electron chi connectivity index (χ4n) is 3.28. The number of aromatic nitrogens is 2. The Kier molecular flexibility index (Phi) is 5.83. The minimum Gasteiger partial charge on any atom is -0.316 e. The quantitative estimate of drug-likeness (QED) is 0.372. The van der Waals surface area contributed by atoms with Crippen molar-refractivity contribution in [1.29, 1.82) is 0 Å². The molecule has 1 aromatic carbocycles. The van der Waals surface area contributed by atoms with E-state index >= 15 is 0 Å². The number of hydrogen-bond acceptors (Lipinski definition) is 6. The Labute approximate surface area is 171 Å². The van der Waals surface area contributed by atoms with Crippen molar-refractivity contribution in [3.8, 4) is 0 Å². The molecular formula is C21H19N3O2S2. The lowest BCUT2D eigenvalue weighted by molar-refractivity contribution is -0.113. The molecule has 28 heavy (non-hydrogen) atoms. The first-order valence-corrected chi connectivity index (χ1v) is 11.0. The summed E-state index contributed by atoms with van der Waals surface area (Å²) in [5.41, 5.74) is 2.43. The number of amides is 1. The number of carbonyl (C=O) groups excluding carboxylic acids is 2. The fraction of sp³-hybridized carbons (Fsp3) is 0.238. The maximum absolute atomic E-state index is 13.2. The molecule has 1 aliphatic rings. The van der Waals surface area contributed by atoms with Gasteiger partial charge < -0.3 is 5.32 Å². The van der Waals surface area contributed by atoms with Gasteiger partial charge in [-0.1, -0.05) is 42.1 Å². The van der Waals surface area contributed by atoms with Gasteiger partial charge in [-0.05, 0) is 37.3 Å². The molecule has 2 heterocycles. The molecule has 142 valence electrons. The molecule has 0 spiro atoms. The largest absolute Gasteiger partial charge is 0.316 e. The van der Waals surface area contributed by atoms with Gasteiger partial charge in [-0.2, -0.15) is 0 Å². The molecule has 0 saturated carbocycles. The van der Waals surface area contributed by atoms with Crippen LogP contribution in [0.15, 0.2) is 53.9 Å². The molecule has 1 aliphatic carbocycles. The summed E-state index contributed by atoms with van der Waals surface area (Å²) in [4.78, 5) is 35.2.